The monoisotopic (exact) mass is 276 g/mol. The van der Waals surface area contributed by atoms with Crippen LogP contribution in [0.15, 0.2) is 12.1 Å². The minimum atomic E-state index is -4.41. The lowest BCUT2D eigenvalue weighted by Gasteiger charge is -2.33. The normalized spacial score (nSPS) is 18.7. The molecule has 18 heavy (non-hydrogen) atoms. The van der Waals surface area contributed by atoms with Crippen molar-refractivity contribution in [3.05, 3.63) is 33.8 Å². The van der Waals surface area contributed by atoms with Gasteiger partial charge in [-0.25, -0.2) is 0 Å². The van der Waals surface area contributed by atoms with E-state index in [2.05, 4.69) is 0 Å². The number of hydrogen-bond acceptors (Lipinski definition) is 1. The van der Waals surface area contributed by atoms with Gasteiger partial charge in [0.25, 0.3) is 0 Å². The summed E-state index contributed by atoms with van der Waals surface area (Å²) in [6.45, 7) is 3.25. The second-order valence-electron chi connectivity index (χ2n) is 4.99. The van der Waals surface area contributed by atoms with Crippen molar-refractivity contribution in [1.82, 2.24) is 0 Å². The molecule has 1 aliphatic carbocycles. The van der Waals surface area contributed by atoms with Crippen LogP contribution in [-0.4, -0.2) is 5.78 Å². The number of alkyl halides is 3. The fraction of sp³-hybridized carbons (Fsp3) is 0.462. The van der Waals surface area contributed by atoms with E-state index >= 15 is 0 Å². The first kappa shape index (κ1) is 13.4. The van der Waals surface area contributed by atoms with Gasteiger partial charge in [-0.05, 0) is 43.5 Å². The minimum Gasteiger partial charge on any atom is -0.299 e. The van der Waals surface area contributed by atoms with Crippen molar-refractivity contribution < 1.29 is 18.0 Å². The van der Waals surface area contributed by atoms with Crippen LogP contribution in [0, 0.1) is 0 Å². The van der Waals surface area contributed by atoms with E-state index in [1.54, 1.807) is 13.8 Å². The Balaban J connectivity index is 2.75. The summed E-state index contributed by atoms with van der Waals surface area (Å²) < 4.78 is 38.8. The molecule has 0 aromatic heterocycles. The van der Waals surface area contributed by atoms with E-state index in [0.717, 1.165) is 6.07 Å². The van der Waals surface area contributed by atoms with E-state index in [-0.39, 0.29) is 29.2 Å². The number of benzene rings is 1. The summed E-state index contributed by atoms with van der Waals surface area (Å²) in [4.78, 5) is 11.9. The largest absolute Gasteiger partial charge is 0.416 e. The number of halogens is 4. The Morgan fingerprint density at radius 2 is 1.83 bits per heavy atom. The molecule has 0 heterocycles. The highest BCUT2D eigenvalue weighted by atomic mass is 35.5. The molecule has 0 fully saturated rings. The highest BCUT2D eigenvalue weighted by molar-refractivity contribution is 6.32. The molecule has 0 saturated heterocycles. The molecule has 0 radical (unpaired) electrons. The zero-order valence-electron chi connectivity index (χ0n) is 9.99. The van der Waals surface area contributed by atoms with E-state index in [9.17, 15) is 18.0 Å². The van der Waals surface area contributed by atoms with Crippen LogP contribution in [0.4, 0.5) is 13.2 Å². The third kappa shape index (κ3) is 1.92. The minimum absolute atomic E-state index is 0.0729. The van der Waals surface area contributed by atoms with Gasteiger partial charge in [-0.1, -0.05) is 11.6 Å². The molecule has 1 nitrogen and oxygen atoms in total. The lowest BCUT2D eigenvalue weighted by atomic mass is 9.70. The van der Waals surface area contributed by atoms with E-state index in [0.29, 0.717) is 5.56 Å². The number of carbonyl (C=O) groups is 1. The summed E-state index contributed by atoms with van der Waals surface area (Å²) in [5, 5.41) is 0.232. The van der Waals surface area contributed by atoms with Crippen molar-refractivity contribution in [3.63, 3.8) is 0 Å². The van der Waals surface area contributed by atoms with Crippen molar-refractivity contribution in [3.8, 4) is 0 Å². The maximum Gasteiger partial charge on any atom is 0.416 e. The fourth-order valence-corrected chi connectivity index (χ4v) is 2.92. The summed E-state index contributed by atoms with van der Waals surface area (Å²) in [6.07, 6.45) is -4.18. The summed E-state index contributed by atoms with van der Waals surface area (Å²) >= 11 is 5.99. The predicted octanol–water partition coefficient (Wildman–Crippen LogP) is 4.15. The molecule has 0 bridgehead atoms. The van der Waals surface area contributed by atoms with Gasteiger partial charge >= 0.3 is 6.18 Å². The number of ketones is 1. The quantitative estimate of drug-likeness (QED) is 0.696. The van der Waals surface area contributed by atoms with Gasteiger partial charge in [0, 0.05) is 16.9 Å². The number of rotatable bonds is 0. The Labute approximate surface area is 108 Å². The fourth-order valence-electron chi connectivity index (χ4n) is 2.51. The summed E-state index contributed by atoms with van der Waals surface area (Å²) in [7, 11) is 0. The third-order valence-electron chi connectivity index (χ3n) is 3.49. The Kier molecular flexibility index (Phi) is 2.97. The van der Waals surface area contributed by atoms with Crippen molar-refractivity contribution in [2.24, 2.45) is 0 Å². The molecule has 0 unspecified atom stereocenters. The Morgan fingerprint density at radius 3 is 2.39 bits per heavy atom. The van der Waals surface area contributed by atoms with Crippen molar-refractivity contribution in [2.75, 3.05) is 0 Å². The highest BCUT2D eigenvalue weighted by Gasteiger charge is 2.42. The molecule has 0 spiro atoms. The topological polar surface area (TPSA) is 17.1 Å². The number of hydrogen-bond donors (Lipinski definition) is 0. The van der Waals surface area contributed by atoms with Crippen LogP contribution in [0.25, 0.3) is 0 Å². The SMILES string of the molecule is CC1(C)C(=O)CCc2c(C(F)(F)F)ccc(Cl)c21. The molecule has 0 atom stereocenters. The molecule has 0 N–H and O–H groups in total. The smallest absolute Gasteiger partial charge is 0.299 e. The molecular formula is C13H12ClF3O. The zero-order chi connectivity index (χ0) is 13.7. The van der Waals surface area contributed by atoms with Crippen LogP contribution in [0.5, 0.6) is 0 Å². The van der Waals surface area contributed by atoms with E-state index in [1.165, 1.54) is 6.07 Å². The van der Waals surface area contributed by atoms with E-state index in [4.69, 9.17) is 11.6 Å². The maximum absolute atomic E-state index is 12.9. The van der Waals surface area contributed by atoms with Crippen LogP contribution in [0.3, 0.4) is 0 Å². The first-order valence-corrected chi connectivity index (χ1v) is 5.96. The van der Waals surface area contributed by atoms with Crippen LogP contribution < -0.4 is 0 Å². The van der Waals surface area contributed by atoms with Crippen LogP contribution in [-0.2, 0) is 22.8 Å². The van der Waals surface area contributed by atoms with Gasteiger partial charge in [0.05, 0.1) is 5.56 Å². The average molecular weight is 277 g/mol. The Hall–Kier alpha value is -1.03. The molecule has 1 aliphatic rings. The van der Waals surface area contributed by atoms with Gasteiger partial charge in [0.1, 0.15) is 5.78 Å². The van der Waals surface area contributed by atoms with Crippen molar-refractivity contribution in [1.29, 1.82) is 0 Å². The number of fused-ring (bicyclic) bond motifs is 1. The van der Waals surface area contributed by atoms with Gasteiger partial charge in [0.2, 0.25) is 0 Å². The zero-order valence-corrected chi connectivity index (χ0v) is 10.7. The maximum atomic E-state index is 12.9. The molecule has 0 amide bonds. The first-order valence-electron chi connectivity index (χ1n) is 5.58. The second-order valence-corrected chi connectivity index (χ2v) is 5.40. The van der Waals surface area contributed by atoms with E-state index < -0.39 is 17.2 Å². The summed E-state index contributed by atoms with van der Waals surface area (Å²) in [6, 6.07) is 2.22. The van der Waals surface area contributed by atoms with Gasteiger partial charge in [-0.3, -0.25) is 4.79 Å². The molecular weight excluding hydrogens is 265 g/mol. The van der Waals surface area contributed by atoms with Crippen molar-refractivity contribution in [2.45, 2.75) is 38.3 Å². The van der Waals surface area contributed by atoms with Gasteiger partial charge in [0.15, 0.2) is 0 Å². The molecule has 5 heteroatoms. The molecule has 2 rings (SSSR count). The second kappa shape index (κ2) is 3.98. The van der Waals surface area contributed by atoms with Crippen molar-refractivity contribution >= 4 is 17.4 Å². The number of carbonyl (C=O) groups excluding carboxylic acids is 1. The first-order chi connectivity index (χ1) is 8.15. The van der Waals surface area contributed by atoms with Gasteiger partial charge in [-0.2, -0.15) is 13.2 Å². The molecule has 1 aromatic rings. The van der Waals surface area contributed by atoms with Crippen LogP contribution >= 0.6 is 11.6 Å². The lowest BCUT2D eigenvalue weighted by Crippen LogP contribution is -2.36. The van der Waals surface area contributed by atoms with Gasteiger partial charge < -0.3 is 0 Å². The van der Waals surface area contributed by atoms with Crippen LogP contribution in [0.1, 0.15) is 37.0 Å². The Morgan fingerprint density at radius 1 is 1.22 bits per heavy atom. The Bertz CT molecular complexity index is 518. The summed E-state index contributed by atoms with van der Waals surface area (Å²) in [5.41, 5.74) is -1.14. The lowest BCUT2D eigenvalue weighted by molar-refractivity contribution is -0.139. The highest BCUT2D eigenvalue weighted by Crippen LogP contribution is 2.44. The molecule has 0 saturated carbocycles. The molecule has 0 aliphatic heterocycles. The third-order valence-corrected chi connectivity index (χ3v) is 3.81. The van der Waals surface area contributed by atoms with Crippen LogP contribution in [0.2, 0.25) is 5.02 Å². The molecule has 1 aromatic carbocycles. The standard InChI is InChI=1S/C13H12ClF3O/c1-12(2)10(18)6-3-7-8(13(15,16)17)4-5-9(14)11(7)12/h4-5H,3,6H2,1-2H3. The predicted molar refractivity (Wildman–Crippen MR) is 62.8 cm³/mol. The molecule has 98 valence electrons. The number of Topliss-reactive ketones (excluding diaryl/α,β-unsaturated/α-hetero) is 1. The van der Waals surface area contributed by atoms with Gasteiger partial charge in [-0.15, -0.1) is 0 Å². The van der Waals surface area contributed by atoms with E-state index in [1.807, 2.05) is 0 Å². The average Bonchev–Trinajstić information content (AvgIpc) is 2.21. The summed E-state index contributed by atoms with van der Waals surface area (Å²) in [5.74, 6) is -0.0729.